The summed E-state index contributed by atoms with van der Waals surface area (Å²) in [5.41, 5.74) is 0.541. The minimum Gasteiger partial charge on any atom is -0.481 e. The van der Waals surface area contributed by atoms with Crippen molar-refractivity contribution in [2.75, 3.05) is 6.79 Å². The summed E-state index contributed by atoms with van der Waals surface area (Å²) in [7, 11) is 0. The second kappa shape index (κ2) is 9.53. The maximum Gasteiger partial charge on any atom is 0.303 e. The molecule has 6 heteroatoms. The predicted octanol–water partition coefficient (Wildman–Crippen LogP) is 4.17. The zero-order chi connectivity index (χ0) is 19.9. The Kier molecular flexibility index (Phi) is 6.85. The van der Waals surface area contributed by atoms with Crippen molar-refractivity contribution in [2.45, 2.75) is 51.4 Å². The third kappa shape index (κ3) is 5.21. The van der Waals surface area contributed by atoms with Crippen molar-refractivity contribution in [3.05, 3.63) is 35.9 Å². The van der Waals surface area contributed by atoms with Crippen LogP contribution in [0.25, 0.3) is 0 Å². The molecule has 1 aromatic carbocycles. The first-order valence-corrected chi connectivity index (χ1v) is 9.91. The molecule has 0 bridgehead atoms. The first-order chi connectivity index (χ1) is 13.5. The number of ketones is 2. The highest BCUT2D eigenvalue weighted by Crippen LogP contribution is 2.35. The third-order valence-electron chi connectivity index (χ3n) is 5.46. The molecule has 2 aliphatic rings. The monoisotopic (exact) mass is 386 g/mol. The standard InChI is InChI=1S/C22H26O6/c23-18(16-9-12-20-21(13-16)28-14-27-20)10-7-15-8-11-19(24)17(15)5-3-1-2-4-6-22(25)26/h7,9-10,12-13,15,17H,1-6,8,11,14H2,(H,25,26)/t15-,17+/m1/s1. The number of rotatable bonds is 10. The Labute approximate surface area is 164 Å². The van der Waals surface area contributed by atoms with Crippen LogP contribution in [0.1, 0.15) is 61.7 Å². The van der Waals surface area contributed by atoms with E-state index in [1.807, 2.05) is 6.08 Å². The predicted molar refractivity (Wildman–Crippen MR) is 103 cm³/mol. The molecule has 1 N–H and O–H groups in total. The van der Waals surface area contributed by atoms with E-state index in [1.54, 1.807) is 24.3 Å². The number of carbonyl (C=O) groups excluding carboxylic acids is 2. The van der Waals surface area contributed by atoms with Crippen LogP contribution in [0.15, 0.2) is 30.4 Å². The number of carboxylic acid groups (broad SMARTS) is 1. The minimum atomic E-state index is -0.761. The molecule has 0 aromatic heterocycles. The number of carbonyl (C=O) groups is 3. The lowest BCUT2D eigenvalue weighted by Gasteiger charge is -2.14. The lowest BCUT2D eigenvalue weighted by Crippen LogP contribution is -2.13. The van der Waals surface area contributed by atoms with Gasteiger partial charge in [0.2, 0.25) is 6.79 Å². The molecule has 1 fully saturated rings. The molecule has 6 nitrogen and oxygen atoms in total. The van der Waals surface area contributed by atoms with Crippen LogP contribution in [0.4, 0.5) is 0 Å². The fourth-order valence-electron chi connectivity index (χ4n) is 3.89. The van der Waals surface area contributed by atoms with Gasteiger partial charge in [-0.25, -0.2) is 0 Å². The van der Waals surface area contributed by atoms with E-state index in [9.17, 15) is 14.4 Å². The quantitative estimate of drug-likeness (QED) is 0.369. The first-order valence-electron chi connectivity index (χ1n) is 9.91. The number of fused-ring (bicyclic) bond motifs is 1. The zero-order valence-electron chi connectivity index (χ0n) is 15.9. The first kappa shape index (κ1) is 20.1. The van der Waals surface area contributed by atoms with Gasteiger partial charge in [0.1, 0.15) is 5.78 Å². The largest absolute Gasteiger partial charge is 0.481 e. The van der Waals surface area contributed by atoms with Gasteiger partial charge in [-0.15, -0.1) is 0 Å². The summed E-state index contributed by atoms with van der Waals surface area (Å²) in [6.45, 7) is 0.172. The van der Waals surface area contributed by atoms with Crippen molar-refractivity contribution >= 4 is 17.5 Å². The Morgan fingerprint density at radius 1 is 1.11 bits per heavy atom. The number of Topliss-reactive ketones (excluding diaryl/α,β-unsaturated/α-hetero) is 1. The van der Waals surface area contributed by atoms with Gasteiger partial charge in [0.05, 0.1) is 0 Å². The van der Waals surface area contributed by atoms with Crippen molar-refractivity contribution in [1.29, 1.82) is 0 Å². The van der Waals surface area contributed by atoms with Crippen LogP contribution in [0.2, 0.25) is 0 Å². The Morgan fingerprint density at radius 2 is 1.89 bits per heavy atom. The number of hydrogen-bond acceptors (Lipinski definition) is 5. The second-order valence-corrected chi connectivity index (χ2v) is 7.41. The SMILES string of the molecule is O=C(O)CCCCCC[C@@H]1C(=O)CC[C@H]1C=CC(=O)c1ccc2c(c1)OCO2. The van der Waals surface area contributed by atoms with Gasteiger partial charge in [0, 0.05) is 24.3 Å². The number of aliphatic carboxylic acids is 1. The molecule has 1 heterocycles. The van der Waals surface area contributed by atoms with E-state index in [4.69, 9.17) is 14.6 Å². The topological polar surface area (TPSA) is 89.9 Å². The maximum atomic E-state index is 12.5. The fourth-order valence-corrected chi connectivity index (χ4v) is 3.89. The highest BCUT2D eigenvalue weighted by molar-refractivity contribution is 6.05. The second-order valence-electron chi connectivity index (χ2n) is 7.41. The Bertz CT molecular complexity index is 766. The summed E-state index contributed by atoms with van der Waals surface area (Å²) in [4.78, 5) is 35.2. The van der Waals surface area contributed by atoms with Gasteiger partial charge >= 0.3 is 5.97 Å². The van der Waals surface area contributed by atoms with Crippen LogP contribution in [0.5, 0.6) is 11.5 Å². The third-order valence-corrected chi connectivity index (χ3v) is 5.46. The van der Waals surface area contributed by atoms with Crippen LogP contribution in [0.3, 0.4) is 0 Å². The Hall–Kier alpha value is -2.63. The minimum absolute atomic E-state index is 0.0275. The van der Waals surface area contributed by atoms with Crippen LogP contribution < -0.4 is 9.47 Å². The molecule has 1 saturated carbocycles. The molecular formula is C22H26O6. The highest BCUT2D eigenvalue weighted by Gasteiger charge is 2.32. The van der Waals surface area contributed by atoms with E-state index >= 15 is 0 Å². The summed E-state index contributed by atoms with van der Waals surface area (Å²) in [6, 6.07) is 5.13. The number of allylic oxidation sites excluding steroid dienone is 2. The smallest absolute Gasteiger partial charge is 0.303 e. The lowest BCUT2D eigenvalue weighted by molar-refractivity contribution is -0.137. The normalized spacial score (nSPS) is 20.8. The molecule has 0 unspecified atom stereocenters. The Balaban J connectivity index is 1.49. The zero-order valence-corrected chi connectivity index (χ0v) is 15.9. The summed E-state index contributed by atoms with van der Waals surface area (Å²) >= 11 is 0. The maximum absolute atomic E-state index is 12.5. The molecule has 0 radical (unpaired) electrons. The average Bonchev–Trinajstić information content (AvgIpc) is 3.28. The van der Waals surface area contributed by atoms with E-state index in [-0.39, 0.29) is 36.6 Å². The van der Waals surface area contributed by atoms with Crippen LogP contribution in [-0.4, -0.2) is 29.4 Å². The number of ether oxygens (including phenoxy) is 2. The van der Waals surface area contributed by atoms with Gasteiger partial charge in [-0.05, 0) is 49.5 Å². The van der Waals surface area contributed by atoms with Gasteiger partial charge in [-0.2, -0.15) is 0 Å². The van der Waals surface area contributed by atoms with Gasteiger partial charge < -0.3 is 14.6 Å². The van der Waals surface area contributed by atoms with Crippen LogP contribution in [0, 0.1) is 11.8 Å². The Morgan fingerprint density at radius 3 is 2.71 bits per heavy atom. The summed E-state index contributed by atoms with van der Waals surface area (Å²) < 4.78 is 10.6. The van der Waals surface area contributed by atoms with Crippen molar-refractivity contribution in [1.82, 2.24) is 0 Å². The molecular weight excluding hydrogens is 360 g/mol. The average molecular weight is 386 g/mol. The number of unbranched alkanes of at least 4 members (excludes halogenated alkanes) is 3. The molecule has 0 amide bonds. The molecule has 1 aliphatic heterocycles. The van der Waals surface area contributed by atoms with E-state index in [0.29, 0.717) is 29.9 Å². The van der Waals surface area contributed by atoms with Gasteiger partial charge in [-0.1, -0.05) is 25.3 Å². The molecule has 0 spiro atoms. The van der Waals surface area contributed by atoms with E-state index in [0.717, 1.165) is 32.1 Å². The number of hydrogen-bond donors (Lipinski definition) is 1. The summed E-state index contributed by atoms with van der Waals surface area (Å²) in [5.74, 6) is 0.704. The van der Waals surface area contributed by atoms with E-state index < -0.39 is 5.97 Å². The van der Waals surface area contributed by atoms with E-state index in [1.165, 1.54) is 0 Å². The number of benzene rings is 1. The molecule has 1 aliphatic carbocycles. The van der Waals surface area contributed by atoms with Gasteiger partial charge in [0.15, 0.2) is 17.3 Å². The molecule has 28 heavy (non-hydrogen) atoms. The summed E-state index contributed by atoms with van der Waals surface area (Å²) in [6.07, 6.45) is 9.21. The van der Waals surface area contributed by atoms with Crippen LogP contribution >= 0.6 is 0 Å². The fraction of sp³-hybridized carbons (Fsp3) is 0.500. The van der Waals surface area contributed by atoms with Crippen molar-refractivity contribution in [2.24, 2.45) is 11.8 Å². The molecule has 2 atom stereocenters. The highest BCUT2D eigenvalue weighted by atomic mass is 16.7. The molecule has 0 saturated heterocycles. The van der Waals surface area contributed by atoms with Crippen molar-refractivity contribution in [3.8, 4) is 11.5 Å². The lowest BCUT2D eigenvalue weighted by atomic mass is 9.89. The molecule has 3 rings (SSSR count). The molecule has 150 valence electrons. The van der Waals surface area contributed by atoms with Crippen LogP contribution in [-0.2, 0) is 9.59 Å². The van der Waals surface area contributed by atoms with E-state index in [2.05, 4.69) is 0 Å². The van der Waals surface area contributed by atoms with Crippen molar-refractivity contribution in [3.63, 3.8) is 0 Å². The summed E-state index contributed by atoms with van der Waals surface area (Å²) in [5, 5.41) is 8.65. The van der Waals surface area contributed by atoms with Gasteiger partial charge in [-0.3, -0.25) is 14.4 Å². The molecule has 1 aromatic rings. The van der Waals surface area contributed by atoms with Gasteiger partial charge in [0.25, 0.3) is 0 Å². The number of carboxylic acids is 1. The van der Waals surface area contributed by atoms with Crippen molar-refractivity contribution < 1.29 is 29.0 Å².